The molecule has 0 atom stereocenters. The lowest BCUT2D eigenvalue weighted by molar-refractivity contribution is 0.779. The van der Waals surface area contributed by atoms with E-state index in [2.05, 4.69) is 25.5 Å². The average Bonchev–Trinajstić information content (AvgIpc) is 2.92. The Bertz CT molecular complexity index is 780. The molecule has 0 spiro atoms. The van der Waals surface area contributed by atoms with Gasteiger partial charge in [0.25, 0.3) is 0 Å². The topological polar surface area (TPSA) is 89.4 Å². The maximum absolute atomic E-state index is 11.3. The van der Waals surface area contributed by atoms with Crippen LogP contribution in [-0.4, -0.2) is 27.2 Å². The van der Waals surface area contributed by atoms with Gasteiger partial charge in [0.2, 0.25) is 0 Å². The van der Waals surface area contributed by atoms with Crippen molar-refractivity contribution in [3.8, 4) is 11.3 Å². The third-order valence-electron chi connectivity index (χ3n) is 3.25. The van der Waals surface area contributed by atoms with Crippen LogP contribution in [0.2, 0.25) is 0 Å². The summed E-state index contributed by atoms with van der Waals surface area (Å²) in [5.41, 5.74) is 5.49. The summed E-state index contributed by atoms with van der Waals surface area (Å²) >= 11 is 0. The van der Waals surface area contributed by atoms with Crippen molar-refractivity contribution in [2.45, 2.75) is 13.5 Å². The molecule has 0 aliphatic rings. The summed E-state index contributed by atoms with van der Waals surface area (Å²) in [7, 11) is 1.90. The molecule has 0 amide bonds. The standard InChI is InChI=1S/C13H15N5O/c1-7-11(6-14-2)17-18-12(7)8-3-4-9-10(5-8)16-13(19)15-9/h3-5,14H,6H2,1-2H3,(H,17,18)(H2,15,16,19). The largest absolute Gasteiger partial charge is 0.323 e. The van der Waals surface area contributed by atoms with Crippen LogP contribution in [-0.2, 0) is 6.54 Å². The number of hydrogen-bond acceptors (Lipinski definition) is 3. The summed E-state index contributed by atoms with van der Waals surface area (Å²) < 4.78 is 0. The van der Waals surface area contributed by atoms with Gasteiger partial charge in [-0.2, -0.15) is 5.10 Å². The van der Waals surface area contributed by atoms with Crippen LogP contribution in [0.5, 0.6) is 0 Å². The molecule has 0 radical (unpaired) electrons. The summed E-state index contributed by atoms with van der Waals surface area (Å²) in [6.07, 6.45) is 0. The molecule has 3 aromatic rings. The zero-order valence-electron chi connectivity index (χ0n) is 10.8. The molecule has 2 aromatic heterocycles. The van der Waals surface area contributed by atoms with Gasteiger partial charge in [-0.05, 0) is 31.7 Å². The van der Waals surface area contributed by atoms with Crippen LogP contribution < -0.4 is 11.0 Å². The fraction of sp³-hybridized carbons (Fsp3) is 0.231. The van der Waals surface area contributed by atoms with Crippen LogP contribution >= 0.6 is 0 Å². The quantitative estimate of drug-likeness (QED) is 0.569. The third kappa shape index (κ3) is 1.96. The molecule has 6 nitrogen and oxygen atoms in total. The van der Waals surface area contributed by atoms with E-state index >= 15 is 0 Å². The highest BCUT2D eigenvalue weighted by molar-refractivity contribution is 5.81. The number of nitrogens with one attached hydrogen (secondary N) is 4. The Morgan fingerprint density at radius 2 is 2.05 bits per heavy atom. The lowest BCUT2D eigenvalue weighted by Gasteiger charge is -2.00. The first-order valence-electron chi connectivity index (χ1n) is 6.10. The SMILES string of the molecule is CNCc1[nH]nc(-c2ccc3[nH]c(=O)[nH]c3c2)c1C. The minimum Gasteiger partial charge on any atom is -0.314 e. The first kappa shape index (κ1) is 11.7. The van der Waals surface area contributed by atoms with Gasteiger partial charge in [0.1, 0.15) is 0 Å². The molecule has 0 bridgehead atoms. The first-order chi connectivity index (χ1) is 9.19. The van der Waals surface area contributed by atoms with Crippen LogP contribution in [0.3, 0.4) is 0 Å². The van der Waals surface area contributed by atoms with Gasteiger partial charge >= 0.3 is 5.69 Å². The Balaban J connectivity index is 2.10. The summed E-state index contributed by atoms with van der Waals surface area (Å²) in [4.78, 5) is 16.7. The van der Waals surface area contributed by atoms with Gasteiger partial charge in [-0.3, -0.25) is 5.10 Å². The Kier molecular flexibility index (Phi) is 2.72. The molecule has 6 heteroatoms. The summed E-state index contributed by atoms with van der Waals surface area (Å²) in [5.74, 6) is 0. The first-order valence-corrected chi connectivity index (χ1v) is 6.10. The molecule has 4 N–H and O–H groups in total. The van der Waals surface area contributed by atoms with Crippen LogP contribution in [0.4, 0.5) is 0 Å². The zero-order chi connectivity index (χ0) is 13.4. The minimum atomic E-state index is -0.193. The number of aromatic nitrogens is 4. The average molecular weight is 257 g/mol. The second-order valence-electron chi connectivity index (χ2n) is 4.55. The highest BCUT2D eigenvalue weighted by atomic mass is 16.1. The van der Waals surface area contributed by atoms with Crippen molar-refractivity contribution >= 4 is 11.0 Å². The van der Waals surface area contributed by atoms with E-state index in [9.17, 15) is 4.79 Å². The Hall–Kier alpha value is -2.34. The second kappa shape index (κ2) is 4.40. The predicted octanol–water partition coefficient (Wildman–Crippen LogP) is 1.27. The van der Waals surface area contributed by atoms with Crippen molar-refractivity contribution in [1.29, 1.82) is 0 Å². The Morgan fingerprint density at radius 1 is 1.26 bits per heavy atom. The molecule has 0 saturated heterocycles. The van der Waals surface area contributed by atoms with Gasteiger partial charge in [-0.15, -0.1) is 0 Å². The van der Waals surface area contributed by atoms with E-state index < -0.39 is 0 Å². The Labute approximate surface area is 109 Å². The monoisotopic (exact) mass is 257 g/mol. The molecular weight excluding hydrogens is 242 g/mol. The van der Waals surface area contributed by atoms with Gasteiger partial charge in [0.15, 0.2) is 0 Å². The van der Waals surface area contributed by atoms with E-state index in [1.165, 1.54) is 0 Å². The number of benzene rings is 1. The predicted molar refractivity (Wildman–Crippen MR) is 74.0 cm³/mol. The maximum Gasteiger partial charge on any atom is 0.323 e. The van der Waals surface area contributed by atoms with Crippen molar-refractivity contribution in [2.24, 2.45) is 0 Å². The minimum absolute atomic E-state index is 0.193. The smallest absolute Gasteiger partial charge is 0.314 e. The van der Waals surface area contributed by atoms with Crippen LogP contribution in [0.15, 0.2) is 23.0 Å². The Morgan fingerprint density at radius 3 is 2.84 bits per heavy atom. The van der Waals surface area contributed by atoms with E-state index in [-0.39, 0.29) is 5.69 Å². The molecule has 3 rings (SSSR count). The molecule has 19 heavy (non-hydrogen) atoms. The van der Waals surface area contributed by atoms with Crippen LogP contribution in [0, 0.1) is 6.92 Å². The highest BCUT2D eigenvalue weighted by Gasteiger charge is 2.11. The molecule has 98 valence electrons. The van der Waals surface area contributed by atoms with Gasteiger partial charge in [0, 0.05) is 12.1 Å². The fourth-order valence-corrected chi connectivity index (χ4v) is 2.24. The normalized spacial score (nSPS) is 11.3. The van der Waals surface area contributed by atoms with Gasteiger partial charge in [0.05, 0.1) is 22.4 Å². The number of rotatable bonds is 3. The van der Waals surface area contributed by atoms with Crippen LogP contribution in [0.1, 0.15) is 11.3 Å². The van der Waals surface area contributed by atoms with E-state index in [0.29, 0.717) is 0 Å². The number of fused-ring (bicyclic) bond motifs is 1. The maximum atomic E-state index is 11.3. The summed E-state index contributed by atoms with van der Waals surface area (Å²) in [6, 6.07) is 5.77. The summed E-state index contributed by atoms with van der Waals surface area (Å²) in [6.45, 7) is 2.79. The molecule has 0 fully saturated rings. The van der Waals surface area contributed by atoms with Gasteiger partial charge in [-0.25, -0.2) is 4.79 Å². The third-order valence-corrected chi connectivity index (χ3v) is 3.25. The van der Waals surface area contributed by atoms with Gasteiger partial charge in [-0.1, -0.05) is 6.07 Å². The van der Waals surface area contributed by atoms with E-state index in [1.54, 1.807) is 0 Å². The van der Waals surface area contributed by atoms with Crippen LogP contribution in [0.25, 0.3) is 22.3 Å². The molecule has 2 heterocycles. The second-order valence-corrected chi connectivity index (χ2v) is 4.55. The van der Waals surface area contributed by atoms with Crippen molar-refractivity contribution in [3.63, 3.8) is 0 Å². The number of hydrogen-bond donors (Lipinski definition) is 4. The molecule has 1 aromatic carbocycles. The molecule has 0 aliphatic heterocycles. The molecular formula is C13H15N5O. The highest BCUT2D eigenvalue weighted by Crippen LogP contribution is 2.25. The van der Waals surface area contributed by atoms with Gasteiger partial charge < -0.3 is 15.3 Å². The number of aromatic amines is 3. The molecule has 0 aliphatic carbocycles. The van der Waals surface area contributed by atoms with Crippen molar-refractivity contribution < 1.29 is 0 Å². The molecule has 0 saturated carbocycles. The van der Waals surface area contributed by atoms with Crippen molar-refractivity contribution in [2.75, 3.05) is 7.05 Å². The lowest BCUT2D eigenvalue weighted by Crippen LogP contribution is -2.06. The lowest BCUT2D eigenvalue weighted by atomic mass is 10.1. The number of H-pyrrole nitrogens is 3. The fourth-order valence-electron chi connectivity index (χ4n) is 2.24. The van der Waals surface area contributed by atoms with Crippen molar-refractivity contribution in [3.05, 3.63) is 39.9 Å². The van der Waals surface area contributed by atoms with E-state index in [4.69, 9.17) is 0 Å². The van der Waals surface area contributed by atoms with Crippen molar-refractivity contribution in [1.82, 2.24) is 25.5 Å². The zero-order valence-corrected chi connectivity index (χ0v) is 10.8. The number of nitrogens with zero attached hydrogens (tertiary/aromatic N) is 1. The number of imidazole rings is 1. The van der Waals surface area contributed by atoms with E-state index in [0.717, 1.165) is 40.1 Å². The van der Waals surface area contributed by atoms with E-state index in [1.807, 2.05) is 32.2 Å². The molecule has 0 unspecified atom stereocenters. The summed E-state index contributed by atoms with van der Waals surface area (Å²) in [5, 5.41) is 10.5.